The van der Waals surface area contributed by atoms with E-state index in [4.69, 9.17) is 5.11 Å². The first-order valence-corrected chi connectivity index (χ1v) is 7.99. The highest BCUT2D eigenvalue weighted by atomic mass is 16.3. The maximum atomic E-state index is 9.09. The van der Waals surface area contributed by atoms with Gasteiger partial charge in [0.15, 0.2) is 0 Å². The van der Waals surface area contributed by atoms with E-state index < -0.39 is 0 Å². The minimum atomic E-state index is 0.107. The van der Waals surface area contributed by atoms with Gasteiger partial charge < -0.3 is 15.3 Å². The first-order valence-electron chi connectivity index (χ1n) is 7.99. The predicted octanol–water partition coefficient (Wildman–Crippen LogP) is 3.07. The van der Waals surface area contributed by atoms with Crippen molar-refractivity contribution in [3.05, 3.63) is 35.9 Å². The normalized spacial score (nSPS) is 13.9. The minimum absolute atomic E-state index is 0.107. The highest BCUT2D eigenvalue weighted by Crippen LogP contribution is 2.34. The third-order valence-corrected chi connectivity index (χ3v) is 4.15. The molecule has 0 amide bonds. The molecular weight excluding hydrogens is 260 g/mol. The number of aliphatic hydroxyl groups excluding tert-OH is 1. The summed E-state index contributed by atoms with van der Waals surface area (Å²) in [4.78, 5) is 2.46. The molecule has 0 radical (unpaired) electrons. The molecule has 1 aromatic carbocycles. The van der Waals surface area contributed by atoms with Gasteiger partial charge >= 0.3 is 0 Å². The summed E-state index contributed by atoms with van der Waals surface area (Å²) in [6.45, 7) is 11.3. The molecule has 0 aliphatic rings. The van der Waals surface area contributed by atoms with Crippen LogP contribution in [0.15, 0.2) is 30.3 Å². The molecule has 0 aromatic heterocycles. The van der Waals surface area contributed by atoms with Crippen molar-refractivity contribution in [2.24, 2.45) is 5.41 Å². The Morgan fingerprint density at radius 2 is 1.81 bits per heavy atom. The number of benzene rings is 1. The molecule has 0 spiro atoms. The second kappa shape index (κ2) is 8.52. The molecule has 0 fully saturated rings. The van der Waals surface area contributed by atoms with Crippen LogP contribution in [-0.2, 0) is 0 Å². The van der Waals surface area contributed by atoms with E-state index >= 15 is 0 Å². The van der Waals surface area contributed by atoms with Gasteiger partial charge in [0.1, 0.15) is 0 Å². The molecule has 3 nitrogen and oxygen atoms in total. The maximum Gasteiger partial charge on any atom is 0.0443 e. The molecule has 2 N–H and O–H groups in total. The summed E-state index contributed by atoms with van der Waals surface area (Å²) in [5.74, 6) is 0. The van der Waals surface area contributed by atoms with Crippen molar-refractivity contribution >= 4 is 0 Å². The smallest absolute Gasteiger partial charge is 0.0443 e. The number of nitrogens with zero attached hydrogens (tertiary/aromatic N) is 1. The lowest BCUT2D eigenvalue weighted by molar-refractivity contribution is 0.106. The van der Waals surface area contributed by atoms with E-state index in [1.54, 1.807) is 0 Å². The lowest BCUT2D eigenvalue weighted by Gasteiger charge is -2.40. The highest BCUT2D eigenvalue weighted by molar-refractivity contribution is 5.21. The van der Waals surface area contributed by atoms with Crippen LogP contribution in [0.1, 0.15) is 45.7 Å². The molecule has 0 bridgehead atoms. The number of nitrogens with one attached hydrogen (secondary N) is 1. The van der Waals surface area contributed by atoms with Gasteiger partial charge in [-0.15, -0.1) is 0 Å². The number of aliphatic hydroxyl groups is 1. The molecular formula is C18H32N2O. The van der Waals surface area contributed by atoms with E-state index in [1.165, 1.54) is 5.56 Å². The van der Waals surface area contributed by atoms with E-state index in [2.05, 4.69) is 68.2 Å². The van der Waals surface area contributed by atoms with Crippen LogP contribution in [-0.4, -0.2) is 42.8 Å². The van der Waals surface area contributed by atoms with Crippen molar-refractivity contribution in [2.75, 3.05) is 26.7 Å². The summed E-state index contributed by atoms with van der Waals surface area (Å²) < 4.78 is 0. The molecule has 0 aliphatic heterocycles. The van der Waals surface area contributed by atoms with Crippen LogP contribution in [0.2, 0.25) is 0 Å². The molecule has 0 saturated carbocycles. The zero-order chi connectivity index (χ0) is 15.9. The van der Waals surface area contributed by atoms with E-state index in [1.807, 2.05) is 7.05 Å². The van der Waals surface area contributed by atoms with Crippen molar-refractivity contribution in [3.8, 4) is 0 Å². The minimum Gasteiger partial charge on any atom is -0.396 e. The predicted molar refractivity (Wildman–Crippen MR) is 90.4 cm³/mol. The fourth-order valence-electron chi connectivity index (χ4n) is 3.06. The largest absolute Gasteiger partial charge is 0.396 e. The maximum absolute atomic E-state index is 9.09. The van der Waals surface area contributed by atoms with Crippen LogP contribution < -0.4 is 5.32 Å². The summed E-state index contributed by atoms with van der Waals surface area (Å²) in [6.07, 6.45) is 0.837. The van der Waals surface area contributed by atoms with E-state index in [0.717, 1.165) is 19.5 Å². The van der Waals surface area contributed by atoms with Crippen molar-refractivity contribution in [3.63, 3.8) is 0 Å². The Morgan fingerprint density at radius 3 is 2.29 bits per heavy atom. The van der Waals surface area contributed by atoms with Gasteiger partial charge in [-0.05, 0) is 38.3 Å². The van der Waals surface area contributed by atoms with E-state index in [-0.39, 0.29) is 12.0 Å². The van der Waals surface area contributed by atoms with E-state index in [0.29, 0.717) is 12.1 Å². The van der Waals surface area contributed by atoms with Crippen LogP contribution in [0.3, 0.4) is 0 Å². The third-order valence-electron chi connectivity index (χ3n) is 4.15. The number of rotatable bonds is 9. The van der Waals surface area contributed by atoms with Gasteiger partial charge in [-0.3, -0.25) is 0 Å². The second-order valence-corrected chi connectivity index (χ2v) is 6.76. The van der Waals surface area contributed by atoms with Crippen molar-refractivity contribution in [1.29, 1.82) is 0 Å². The Bertz CT molecular complexity index is 389. The monoisotopic (exact) mass is 292 g/mol. The molecule has 3 heteroatoms. The fraction of sp³-hybridized carbons (Fsp3) is 0.667. The Labute approximate surface area is 130 Å². The third kappa shape index (κ3) is 5.42. The zero-order valence-corrected chi connectivity index (χ0v) is 14.3. The summed E-state index contributed by atoms with van der Waals surface area (Å²) in [5.41, 5.74) is 1.44. The topological polar surface area (TPSA) is 35.5 Å². The van der Waals surface area contributed by atoms with Crippen LogP contribution in [0.25, 0.3) is 0 Å². The Kier molecular flexibility index (Phi) is 7.36. The van der Waals surface area contributed by atoms with Crippen LogP contribution in [0.4, 0.5) is 0 Å². The van der Waals surface area contributed by atoms with Gasteiger partial charge in [0.2, 0.25) is 0 Å². The average Bonchev–Trinajstić information content (AvgIpc) is 2.44. The zero-order valence-electron chi connectivity index (χ0n) is 14.3. The SMILES string of the molecule is CNC(c1ccccc1)C(C)(C)CN(CCCO)C(C)C. The van der Waals surface area contributed by atoms with Gasteiger partial charge in [0.05, 0.1) is 0 Å². The molecule has 1 atom stereocenters. The van der Waals surface area contributed by atoms with Gasteiger partial charge in [-0.25, -0.2) is 0 Å². The number of hydrogen-bond donors (Lipinski definition) is 2. The lowest BCUT2D eigenvalue weighted by Crippen LogP contribution is -2.45. The molecule has 21 heavy (non-hydrogen) atoms. The average molecular weight is 292 g/mol. The van der Waals surface area contributed by atoms with Crippen LogP contribution in [0, 0.1) is 5.41 Å². The van der Waals surface area contributed by atoms with Crippen molar-refractivity contribution < 1.29 is 5.11 Å². The van der Waals surface area contributed by atoms with Gasteiger partial charge in [-0.1, -0.05) is 44.2 Å². The molecule has 1 rings (SSSR count). The van der Waals surface area contributed by atoms with E-state index in [9.17, 15) is 0 Å². The Balaban J connectivity index is 2.85. The summed E-state index contributed by atoms with van der Waals surface area (Å²) >= 11 is 0. The second-order valence-electron chi connectivity index (χ2n) is 6.76. The molecule has 0 heterocycles. The first-order chi connectivity index (χ1) is 9.92. The Morgan fingerprint density at radius 1 is 1.19 bits per heavy atom. The fourth-order valence-corrected chi connectivity index (χ4v) is 3.06. The molecule has 0 aliphatic carbocycles. The molecule has 1 aromatic rings. The van der Waals surface area contributed by atoms with Gasteiger partial charge in [-0.2, -0.15) is 0 Å². The number of hydrogen-bond acceptors (Lipinski definition) is 3. The lowest BCUT2D eigenvalue weighted by atomic mass is 9.79. The van der Waals surface area contributed by atoms with Gasteiger partial charge in [0, 0.05) is 31.8 Å². The molecule has 1 unspecified atom stereocenters. The molecule has 0 saturated heterocycles. The quantitative estimate of drug-likeness (QED) is 0.734. The standard InChI is InChI=1S/C18H32N2O/c1-15(2)20(12-9-13-21)14-18(3,4)17(19-5)16-10-7-6-8-11-16/h6-8,10-11,15,17,19,21H,9,12-14H2,1-5H3. The summed E-state index contributed by atoms with van der Waals surface area (Å²) in [7, 11) is 2.03. The van der Waals surface area contributed by atoms with Crippen molar-refractivity contribution in [1.82, 2.24) is 10.2 Å². The summed E-state index contributed by atoms with van der Waals surface area (Å²) in [5, 5.41) is 12.6. The van der Waals surface area contributed by atoms with Gasteiger partial charge in [0.25, 0.3) is 0 Å². The van der Waals surface area contributed by atoms with Crippen LogP contribution in [0.5, 0.6) is 0 Å². The van der Waals surface area contributed by atoms with Crippen molar-refractivity contribution in [2.45, 2.75) is 46.2 Å². The van der Waals surface area contributed by atoms with Crippen LogP contribution >= 0.6 is 0 Å². The highest BCUT2D eigenvalue weighted by Gasteiger charge is 2.32. The summed E-state index contributed by atoms with van der Waals surface area (Å²) in [6, 6.07) is 11.4. The Hall–Kier alpha value is -0.900. The first kappa shape index (κ1) is 18.1. The molecule has 120 valence electrons.